The number of benzene rings is 2. The summed E-state index contributed by atoms with van der Waals surface area (Å²) in [4.78, 5) is 12.6. The molecule has 4 aromatic rings. The third kappa shape index (κ3) is 2.52. The number of ketones is 1. The van der Waals surface area contributed by atoms with Crippen LogP contribution in [-0.4, -0.2) is 16.0 Å². The predicted octanol–water partition coefficient (Wildman–Crippen LogP) is 4.56. The zero-order valence-electron chi connectivity index (χ0n) is 14.5. The third-order valence-electron chi connectivity index (χ3n) is 4.78. The lowest BCUT2D eigenvalue weighted by molar-refractivity contribution is -0.118. The number of rotatable bonds is 4. The Balaban J connectivity index is 1.62. The van der Waals surface area contributed by atoms with Gasteiger partial charge in [-0.3, -0.25) is 4.79 Å². The summed E-state index contributed by atoms with van der Waals surface area (Å²) in [6, 6.07) is 10.1. The minimum absolute atomic E-state index is 0.0618. The van der Waals surface area contributed by atoms with Gasteiger partial charge in [0.05, 0.1) is 23.6 Å². The van der Waals surface area contributed by atoms with E-state index in [4.69, 9.17) is 8.83 Å². The normalized spacial score (nSPS) is 11.5. The fourth-order valence-corrected chi connectivity index (χ4v) is 3.42. The number of carbonyl (C=O) groups excluding carboxylic acids is 1. The van der Waals surface area contributed by atoms with Crippen LogP contribution < -0.4 is 0 Å². The molecular weight excluding hydrogens is 332 g/mol. The summed E-state index contributed by atoms with van der Waals surface area (Å²) in [5, 5.41) is 21.3. The molecule has 0 saturated heterocycles. The van der Waals surface area contributed by atoms with Gasteiger partial charge in [-0.1, -0.05) is 12.1 Å². The molecule has 0 spiro atoms. The summed E-state index contributed by atoms with van der Waals surface area (Å²) in [5.74, 6) is 1.32. The molecule has 0 aliphatic rings. The minimum atomic E-state index is -0.0618. The molecule has 26 heavy (non-hydrogen) atoms. The number of aryl methyl sites for hydroxylation is 2. The van der Waals surface area contributed by atoms with Crippen LogP contribution >= 0.6 is 0 Å². The van der Waals surface area contributed by atoms with Crippen molar-refractivity contribution in [2.75, 3.05) is 0 Å². The molecule has 0 aliphatic heterocycles. The van der Waals surface area contributed by atoms with Crippen molar-refractivity contribution in [3.63, 3.8) is 0 Å². The Kier molecular flexibility index (Phi) is 3.72. The molecule has 2 aromatic carbocycles. The van der Waals surface area contributed by atoms with Crippen molar-refractivity contribution in [1.29, 1.82) is 0 Å². The number of aromatic hydroxyl groups is 2. The minimum Gasteiger partial charge on any atom is -0.507 e. The molecule has 0 atom stereocenters. The van der Waals surface area contributed by atoms with E-state index in [0.717, 1.165) is 11.1 Å². The highest BCUT2D eigenvalue weighted by Gasteiger charge is 2.20. The maximum absolute atomic E-state index is 12.6. The maximum Gasteiger partial charge on any atom is 0.147 e. The number of phenols is 2. The van der Waals surface area contributed by atoms with Crippen LogP contribution in [0.1, 0.15) is 22.6 Å². The molecule has 132 valence electrons. The van der Waals surface area contributed by atoms with E-state index in [9.17, 15) is 15.0 Å². The average Bonchev–Trinajstić information content (AvgIpc) is 3.07. The van der Waals surface area contributed by atoms with Crippen molar-refractivity contribution < 1.29 is 23.8 Å². The van der Waals surface area contributed by atoms with Gasteiger partial charge >= 0.3 is 0 Å². The number of hydrogen-bond acceptors (Lipinski definition) is 5. The number of furan rings is 2. The first-order valence-electron chi connectivity index (χ1n) is 8.37. The second kappa shape index (κ2) is 5.95. The van der Waals surface area contributed by atoms with Crippen molar-refractivity contribution in [2.24, 2.45) is 0 Å². The standard InChI is InChI=1S/C21H18O5/c1-11-18(25-16-7-3-5-14(23)20(11)16)9-13(22)10-19-12(2)21-15(24)6-4-8-17(21)26-19/h3-8,23-24H,9-10H2,1-2H3. The van der Waals surface area contributed by atoms with Crippen LogP contribution in [0.4, 0.5) is 0 Å². The fraction of sp³-hybridized carbons (Fsp3) is 0.190. The van der Waals surface area contributed by atoms with Gasteiger partial charge < -0.3 is 19.0 Å². The topological polar surface area (TPSA) is 83.8 Å². The van der Waals surface area contributed by atoms with E-state index in [1.54, 1.807) is 36.4 Å². The Morgan fingerprint density at radius 1 is 0.808 bits per heavy atom. The van der Waals surface area contributed by atoms with E-state index in [1.165, 1.54) is 0 Å². The summed E-state index contributed by atoms with van der Waals surface area (Å²) < 4.78 is 11.5. The molecule has 0 saturated carbocycles. The maximum atomic E-state index is 12.6. The summed E-state index contributed by atoms with van der Waals surface area (Å²) in [5.41, 5.74) is 2.67. The van der Waals surface area contributed by atoms with Gasteiger partial charge in [-0.15, -0.1) is 0 Å². The Labute approximate surface area is 149 Å². The lowest BCUT2D eigenvalue weighted by Crippen LogP contribution is -2.07. The van der Waals surface area contributed by atoms with Crippen LogP contribution in [0.3, 0.4) is 0 Å². The summed E-state index contributed by atoms with van der Waals surface area (Å²) in [7, 11) is 0. The number of hydrogen-bond donors (Lipinski definition) is 2. The molecule has 0 unspecified atom stereocenters. The first kappa shape index (κ1) is 16.3. The monoisotopic (exact) mass is 350 g/mol. The van der Waals surface area contributed by atoms with E-state index >= 15 is 0 Å². The lowest BCUT2D eigenvalue weighted by atomic mass is 10.0. The van der Waals surface area contributed by atoms with Gasteiger partial charge in [0.25, 0.3) is 0 Å². The van der Waals surface area contributed by atoms with E-state index in [1.807, 2.05) is 13.8 Å². The molecule has 4 rings (SSSR count). The van der Waals surface area contributed by atoms with E-state index < -0.39 is 0 Å². The van der Waals surface area contributed by atoms with E-state index in [0.29, 0.717) is 33.5 Å². The molecule has 0 aliphatic carbocycles. The van der Waals surface area contributed by atoms with Gasteiger partial charge in [0.2, 0.25) is 0 Å². The Morgan fingerprint density at radius 2 is 1.23 bits per heavy atom. The predicted molar refractivity (Wildman–Crippen MR) is 97.6 cm³/mol. The highest BCUT2D eigenvalue weighted by molar-refractivity contribution is 5.92. The van der Waals surface area contributed by atoms with Crippen LogP contribution in [0.5, 0.6) is 11.5 Å². The van der Waals surface area contributed by atoms with Crippen molar-refractivity contribution in [1.82, 2.24) is 0 Å². The van der Waals surface area contributed by atoms with E-state index in [-0.39, 0.29) is 30.1 Å². The second-order valence-corrected chi connectivity index (χ2v) is 6.49. The SMILES string of the molecule is Cc1c(CC(=O)Cc2oc3cccc(O)c3c2C)oc2cccc(O)c12. The van der Waals surface area contributed by atoms with E-state index in [2.05, 4.69) is 0 Å². The van der Waals surface area contributed by atoms with Crippen molar-refractivity contribution in [3.05, 3.63) is 59.0 Å². The van der Waals surface area contributed by atoms with Crippen LogP contribution in [0.25, 0.3) is 21.9 Å². The highest BCUT2D eigenvalue weighted by Crippen LogP contribution is 2.34. The third-order valence-corrected chi connectivity index (χ3v) is 4.78. The van der Waals surface area contributed by atoms with Crippen LogP contribution in [-0.2, 0) is 17.6 Å². The number of fused-ring (bicyclic) bond motifs is 2. The Morgan fingerprint density at radius 3 is 1.62 bits per heavy atom. The number of phenolic OH excluding ortho intramolecular Hbond substituents is 2. The highest BCUT2D eigenvalue weighted by atomic mass is 16.3. The first-order valence-corrected chi connectivity index (χ1v) is 8.37. The quantitative estimate of drug-likeness (QED) is 0.563. The molecular formula is C21H18O5. The van der Waals surface area contributed by atoms with Crippen LogP contribution in [0.2, 0.25) is 0 Å². The van der Waals surface area contributed by atoms with Gasteiger partial charge in [0.15, 0.2) is 0 Å². The number of carbonyl (C=O) groups is 1. The Hall–Kier alpha value is -3.21. The van der Waals surface area contributed by atoms with Gasteiger partial charge in [-0.25, -0.2) is 0 Å². The van der Waals surface area contributed by atoms with Gasteiger partial charge in [-0.05, 0) is 38.1 Å². The molecule has 0 fully saturated rings. The van der Waals surface area contributed by atoms with Crippen LogP contribution in [0, 0.1) is 13.8 Å². The fourth-order valence-electron chi connectivity index (χ4n) is 3.42. The van der Waals surface area contributed by atoms with Gasteiger partial charge in [-0.2, -0.15) is 0 Å². The zero-order chi connectivity index (χ0) is 18.4. The number of Topliss-reactive ketones (excluding diaryl/α,β-unsaturated/α-hetero) is 1. The van der Waals surface area contributed by atoms with Crippen LogP contribution in [0.15, 0.2) is 45.2 Å². The first-order chi connectivity index (χ1) is 12.5. The summed E-state index contributed by atoms with van der Waals surface area (Å²) >= 11 is 0. The molecule has 5 heteroatoms. The van der Waals surface area contributed by atoms with Gasteiger partial charge in [0.1, 0.15) is 40.0 Å². The molecule has 2 N–H and O–H groups in total. The van der Waals surface area contributed by atoms with Crippen molar-refractivity contribution in [3.8, 4) is 11.5 Å². The molecule has 2 aromatic heterocycles. The zero-order valence-corrected chi connectivity index (χ0v) is 14.5. The molecule has 0 bridgehead atoms. The van der Waals surface area contributed by atoms with Crippen molar-refractivity contribution in [2.45, 2.75) is 26.7 Å². The summed E-state index contributed by atoms with van der Waals surface area (Å²) in [6.45, 7) is 3.66. The molecule has 2 heterocycles. The van der Waals surface area contributed by atoms with Gasteiger partial charge in [0, 0.05) is 11.1 Å². The average molecular weight is 350 g/mol. The second-order valence-electron chi connectivity index (χ2n) is 6.49. The Bertz CT molecular complexity index is 1060. The molecule has 5 nitrogen and oxygen atoms in total. The lowest BCUT2D eigenvalue weighted by Gasteiger charge is -2.00. The smallest absolute Gasteiger partial charge is 0.147 e. The molecule has 0 amide bonds. The van der Waals surface area contributed by atoms with Crippen molar-refractivity contribution >= 4 is 27.7 Å². The summed E-state index contributed by atoms with van der Waals surface area (Å²) in [6.07, 6.45) is 0.227. The molecule has 0 radical (unpaired) electrons. The largest absolute Gasteiger partial charge is 0.507 e.